The second-order valence-electron chi connectivity index (χ2n) is 9.81. The first-order chi connectivity index (χ1) is 16.6. The molecule has 3 fully saturated rings. The largest absolute Gasteiger partial charge is 0.338 e. The molecule has 3 saturated heterocycles. The van der Waals surface area contributed by atoms with Crippen molar-refractivity contribution in [2.24, 2.45) is 5.73 Å². The quantitative estimate of drug-likeness (QED) is 0.561. The van der Waals surface area contributed by atoms with Crippen LogP contribution in [-0.2, 0) is 0 Å². The molecule has 1 aromatic heterocycles. The molecule has 0 atom stereocenters. The molecular weight excluding hydrogens is 458 g/mol. The normalized spacial score (nSPS) is 20.3. The highest BCUT2D eigenvalue weighted by molar-refractivity contribution is 7.99. The van der Waals surface area contributed by atoms with E-state index in [4.69, 9.17) is 5.73 Å². The maximum absolute atomic E-state index is 12.8. The maximum Gasteiger partial charge on any atom is 0.264 e. The molecule has 0 saturated carbocycles. The van der Waals surface area contributed by atoms with Gasteiger partial charge in [0.25, 0.3) is 5.91 Å². The van der Waals surface area contributed by atoms with Crippen LogP contribution in [0.4, 0.5) is 0 Å². The monoisotopic (exact) mass is 499 g/mol. The summed E-state index contributed by atoms with van der Waals surface area (Å²) >= 11 is 3.79. The average Bonchev–Trinajstić information content (AvgIpc) is 3.55. The van der Waals surface area contributed by atoms with Gasteiger partial charge in [0.2, 0.25) is 0 Å². The van der Waals surface area contributed by atoms with Gasteiger partial charge in [-0.05, 0) is 105 Å². The number of hydrogen-bond donors (Lipinski definition) is 1. The van der Waals surface area contributed by atoms with Gasteiger partial charge in [-0.3, -0.25) is 4.79 Å². The molecule has 34 heavy (non-hydrogen) atoms. The van der Waals surface area contributed by atoms with Crippen LogP contribution in [0.3, 0.4) is 0 Å². The van der Waals surface area contributed by atoms with Crippen molar-refractivity contribution in [3.63, 3.8) is 0 Å². The number of nitrogens with zero attached hydrogens (tertiary/aromatic N) is 2. The summed E-state index contributed by atoms with van der Waals surface area (Å²) in [5.41, 5.74) is 8.70. The number of piperidine rings is 1. The molecule has 2 N–H and O–H groups in total. The van der Waals surface area contributed by atoms with Crippen LogP contribution in [0.5, 0.6) is 0 Å². The van der Waals surface area contributed by atoms with Gasteiger partial charge in [0.1, 0.15) is 0 Å². The van der Waals surface area contributed by atoms with Gasteiger partial charge in [-0.1, -0.05) is 31.2 Å². The lowest BCUT2D eigenvalue weighted by molar-refractivity contribution is 0.0797. The molecule has 5 rings (SSSR count). The second-order valence-corrected chi connectivity index (χ2v) is 12.1. The van der Waals surface area contributed by atoms with Crippen molar-refractivity contribution in [3.05, 3.63) is 46.3 Å². The number of hydrogen-bond acceptors (Lipinski definition) is 5. The molecule has 2 aromatic rings. The molecule has 6 heteroatoms. The van der Waals surface area contributed by atoms with E-state index in [2.05, 4.69) is 53.9 Å². The zero-order chi connectivity index (χ0) is 23.9. The summed E-state index contributed by atoms with van der Waals surface area (Å²) in [6.45, 7) is 9.08. The highest BCUT2D eigenvalue weighted by atomic mass is 32.2. The van der Waals surface area contributed by atoms with Crippen LogP contribution < -0.4 is 5.73 Å². The van der Waals surface area contributed by atoms with E-state index in [1.165, 1.54) is 66.3 Å². The Kier molecular flexibility index (Phi) is 9.52. The number of thiophene rings is 1. The summed E-state index contributed by atoms with van der Waals surface area (Å²) in [6.07, 6.45) is 7.62. The Hall–Kier alpha value is -1.34. The Bertz CT molecular complexity index is 906. The number of carbonyl (C=O) groups is 1. The fourth-order valence-electron chi connectivity index (χ4n) is 5.47. The van der Waals surface area contributed by atoms with Crippen molar-refractivity contribution in [1.29, 1.82) is 0 Å². The highest BCUT2D eigenvalue weighted by Gasteiger charge is 2.27. The van der Waals surface area contributed by atoms with Crippen molar-refractivity contribution >= 4 is 29.0 Å². The van der Waals surface area contributed by atoms with Gasteiger partial charge >= 0.3 is 0 Å². The van der Waals surface area contributed by atoms with Crippen molar-refractivity contribution < 1.29 is 4.79 Å². The lowest BCUT2D eigenvalue weighted by Gasteiger charge is -2.39. The van der Waals surface area contributed by atoms with E-state index < -0.39 is 0 Å². The van der Waals surface area contributed by atoms with Gasteiger partial charge in [0.05, 0.1) is 4.88 Å². The van der Waals surface area contributed by atoms with Crippen LogP contribution >= 0.6 is 23.1 Å². The Morgan fingerprint density at radius 1 is 1.00 bits per heavy atom. The maximum atomic E-state index is 12.8. The molecule has 0 bridgehead atoms. The predicted molar refractivity (Wildman–Crippen MR) is 148 cm³/mol. The molecule has 0 unspecified atom stereocenters. The minimum atomic E-state index is 0.228. The first-order valence-corrected chi connectivity index (χ1v) is 15.1. The Balaban J connectivity index is 0.000000868. The summed E-state index contributed by atoms with van der Waals surface area (Å²) in [4.78, 5) is 19.8. The topological polar surface area (TPSA) is 49.6 Å². The molecular formula is C28H41N3OS2. The van der Waals surface area contributed by atoms with E-state index in [-0.39, 0.29) is 5.91 Å². The highest BCUT2D eigenvalue weighted by Crippen LogP contribution is 2.35. The lowest BCUT2D eigenvalue weighted by atomic mass is 9.88. The van der Waals surface area contributed by atoms with Crippen LogP contribution in [0.1, 0.15) is 72.2 Å². The van der Waals surface area contributed by atoms with Gasteiger partial charge in [-0.2, -0.15) is 11.8 Å². The predicted octanol–water partition coefficient (Wildman–Crippen LogP) is 6.00. The van der Waals surface area contributed by atoms with Gasteiger partial charge in [-0.25, -0.2) is 0 Å². The van der Waals surface area contributed by atoms with Gasteiger partial charge in [0.15, 0.2) is 0 Å². The van der Waals surface area contributed by atoms with Crippen molar-refractivity contribution in [3.8, 4) is 10.4 Å². The Labute approximate surface area is 214 Å². The summed E-state index contributed by atoms with van der Waals surface area (Å²) in [6, 6.07) is 12.3. The smallest absolute Gasteiger partial charge is 0.264 e. The summed E-state index contributed by atoms with van der Waals surface area (Å²) in [7, 11) is 0. The molecule has 3 aliphatic rings. The minimum absolute atomic E-state index is 0.228. The molecule has 3 aliphatic heterocycles. The van der Waals surface area contributed by atoms with E-state index >= 15 is 0 Å². The van der Waals surface area contributed by atoms with Gasteiger partial charge < -0.3 is 15.5 Å². The van der Waals surface area contributed by atoms with Crippen molar-refractivity contribution in [2.75, 3.05) is 44.2 Å². The summed E-state index contributed by atoms with van der Waals surface area (Å²) in [5.74, 6) is 3.62. The van der Waals surface area contributed by atoms with E-state index in [9.17, 15) is 4.79 Å². The number of benzene rings is 1. The van der Waals surface area contributed by atoms with E-state index in [0.29, 0.717) is 5.92 Å². The third-order valence-corrected chi connectivity index (χ3v) is 9.73. The molecule has 0 aliphatic carbocycles. The molecule has 4 nitrogen and oxygen atoms in total. The summed E-state index contributed by atoms with van der Waals surface area (Å²) in [5, 5.41) is 0. The Morgan fingerprint density at radius 2 is 1.62 bits per heavy atom. The van der Waals surface area contributed by atoms with Crippen LogP contribution in [0.2, 0.25) is 0 Å². The van der Waals surface area contributed by atoms with Crippen LogP contribution in [0, 0.1) is 6.92 Å². The third kappa shape index (κ3) is 6.26. The molecule has 1 aromatic carbocycles. The molecule has 186 valence electrons. The van der Waals surface area contributed by atoms with Crippen LogP contribution in [-0.4, -0.2) is 66.0 Å². The lowest BCUT2D eigenvalue weighted by Crippen LogP contribution is -2.42. The number of aryl methyl sites for hydroxylation is 1. The fraction of sp³-hybridized carbons (Fsp3) is 0.607. The van der Waals surface area contributed by atoms with Crippen molar-refractivity contribution in [2.45, 2.75) is 64.3 Å². The van der Waals surface area contributed by atoms with E-state index in [1.54, 1.807) is 11.3 Å². The number of carbonyl (C=O) groups excluding carboxylic acids is 1. The summed E-state index contributed by atoms with van der Waals surface area (Å²) < 4.78 is 0. The van der Waals surface area contributed by atoms with E-state index in [1.807, 2.05) is 11.8 Å². The second kappa shape index (κ2) is 12.6. The van der Waals surface area contributed by atoms with Crippen LogP contribution in [0.15, 0.2) is 30.3 Å². The first kappa shape index (κ1) is 25.7. The van der Waals surface area contributed by atoms with E-state index in [0.717, 1.165) is 49.0 Å². The molecule has 4 heterocycles. The molecule has 0 radical (unpaired) electrons. The Morgan fingerprint density at radius 3 is 2.24 bits per heavy atom. The number of thioether (sulfide) groups is 1. The van der Waals surface area contributed by atoms with Crippen LogP contribution in [0.25, 0.3) is 10.4 Å². The number of likely N-dealkylation sites (tertiary alicyclic amines) is 2. The number of amides is 1. The standard InChI is InChI=1S/C26H34N2OS2.C2H7N/c1-19-18-24(31-25(19)26(29)28-12-2-3-13-28)22-6-4-20(5-7-22)21-8-14-27(15-9-21)23-10-16-30-17-11-23;1-2-3/h4-7,18,21,23H,2-3,8-17H2,1H3;2-3H2,1H3. The fourth-order valence-corrected chi connectivity index (χ4v) is 7.70. The zero-order valence-electron chi connectivity index (χ0n) is 20.9. The average molecular weight is 500 g/mol. The zero-order valence-corrected chi connectivity index (χ0v) is 22.6. The third-order valence-electron chi connectivity index (χ3n) is 7.41. The van der Waals surface area contributed by atoms with Gasteiger partial charge in [-0.15, -0.1) is 11.3 Å². The minimum Gasteiger partial charge on any atom is -0.338 e. The first-order valence-electron chi connectivity index (χ1n) is 13.1. The van der Waals surface area contributed by atoms with Gasteiger partial charge in [0, 0.05) is 24.0 Å². The number of nitrogens with two attached hydrogens (primary N) is 1. The molecule has 0 spiro atoms. The van der Waals surface area contributed by atoms with Crippen molar-refractivity contribution in [1.82, 2.24) is 9.80 Å². The number of rotatable bonds is 4. The molecule has 1 amide bonds. The SMILES string of the molecule is CCN.Cc1cc(-c2ccc(C3CCN(C4CCSCC4)CC3)cc2)sc1C(=O)N1CCCC1.